The van der Waals surface area contributed by atoms with E-state index in [4.69, 9.17) is 0 Å². The molecule has 0 amide bonds. The lowest BCUT2D eigenvalue weighted by Gasteiger charge is -2.24. The molecule has 0 radical (unpaired) electrons. The van der Waals surface area contributed by atoms with Crippen LogP contribution in [0, 0.1) is 6.92 Å². The fourth-order valence-electron chi connectivity index (χ4n) is 2.78. The predicted octanol–water partition coefficient (Wildman–Crippen LogP) is 2.93. The first-order chi connectivity index (χ1) is 13.1. The lowest BCUT2D eigenvalue weighted by molar-refractivity contribution is 0.589. The molecular formula is C18H17N5O2S2. The van der Waals surface area contributed by atoms with Gasteiger partial charge in [0.15, 0.2) is 5.82 Å². The van der Waals surface area contributed by atoms with E-state index in [1.165, 1.54) is 15.6 Å². The summed E-state index contributed by atoms with van der Waals surface area (Å²) in [6.45, 7) is 2.20. The molecule has 7 nitrogen and oxygen atoms in total. The molecule has 27 heavy (non-hydrogen) atoms. The van der Waals surface area contributed by atoms with Crippen LogP contribution in [-0.4, -0.2) is 34.8 Å². The van der Waals surface area contributed by atoms with Crippen LogP contribution in [0.15, 0.2) is 65.0 Å². The smallest absolute Gasteiger partial charge is 0.264 e. The molecule has 2 aromatic carbocycles. The van der Waals surface area contributed by atoms with Gasteiger partial charge in [-0.1, -0.05) is 47.2 Å². The lowest BCUT2D eigenvalue weighted by Crippen LogP contribution is -2.33. The Morgan fingerprint density at radius 3 is 2.52 bits per heavy atom. The van der Waals surface area contributed by atoms with E-state index < -0.39 is 10.0 Å². The molecule has 9 heteroatoms. The zero-order valence-electron chi connectivity index (χ0n) is 14.6. The van der Waals surface area contributed by atoms with Crippen LogP contribution in [0.1, 0.15) is 11.4 Å². The summed E-state index contributed by atoms with van der Waals surface area (Å²) < 4.78 is 29.6. The molecule has 2 heterocycles. The van der Waals surface area contributed by atoms with Crippen LogP contribution in [0.3, 0.4) is 0 Å². The van der Waals surface area contributed by atoms with Crippen LogP contribution < -0.4 is 4.31 Å². The first-order valence-electron chi connectivity index (χ1n) is 8.34. The molecule has 2 aromatic heterocycles. The molecule has 138 valence electrons. The largest absolute Gasteiger partial charge is 0.266 e. The Labute approximate surface area is 161 Å². The molecule has 0 N–H and O–H groups in total. The number of hydrogen-bond donors (Lipinski definition) is 0. The van der Waals surface area contributed by atoms with Gasteiger partial charge in [0.05, 0.1) is 10.6 Å². The number of fused-ring (bicyclic) bond motifs is 1. The van der Waals surface area contributed by atoms with Gasteiger partial charge in [-0.3, -0.25) is 4.31 Å². The molecule has 0 aliphatic rings. The first-order valence-corrected chi connectivity index (χ1v) is 10.7. The Morgan fingerprint density at radius 2 is 1.78 bits per heavy atom. The molecule has 0 spiro atoms. The van der Waals surface area contributed by atoms with Gasteiger partial charge in [0.25, 0.3) is 10.0 Å². The van der Waals surface area contributed by atoms with Gasteiger partial charge in [0, 0.05) is 13.0 Å². The second-order valence-corrected chi connectivity index (χ2v) is 8.70. The predicted molar refractivity (Wildman–Crippen MR) is 105 cm³/mol. The van der Waals surface area contributed by atoms with Crippen molar-refractivity contribution in [2.75, 3.05) is 10.8 Å². The summed E-state index contributed by atoms with van der Waals surface area (Å²) in [6.07, 6.45) is 0.394. The third kappa shape index (κ3) is 3.43. The van der Waals surface area contributed by atoms with E-state index in [2.05, 4.69) is 15.3 Å². The molecule has 0 saturated carbocycles. The summed E-state index contributed by atoms with van der Waals surface area (Å²) in [6, 6.07) is 15.9. The highest BCUT2D eigenvalue weighted by Crippen LogP contribution is 2.24. The number of sulfonamides is 1. The standard InChI is InChI=1S/C18H17N5O2S2/c1-14-7-9-15(10-8-14)22(27(24,25)16-5-3-2-4-6-16)12-11-17-20-21-18-23(17)19-13-26-18/h2-10,13H,11-12H2,1H3. The van der Waals surface area contributed by atoms with Crippen LogP contribution in [0.25, 0.3) is 4.96 Å². The molecule has 0 aliphatic heterocycles. The van der Waals surface area contributed by atoms with Crippen LogP contribution in [-0.2, 0) is 16.4 Å². The highest BCUT2D eigenvalue weighted by atomic mass is 32.2. The number of aromatic nitrogens is 4. The SMILES string of the molecule is Cc1ccc(N(CCc2nnc3scnn23)S(=O)(=O)c2ccccc2)cc1. The highest BCUT2D eigenvalue weighted by molar-refractivity contribution is 7.92. The summed E-state index contributed by atoms with van der Waals surface area (Å²) in [5.41, 5.74) is 3.37. The van der Waals surface area contributed by atoms with Gasteiger partial charge in [0.1, 0.15) is 5.51 Å². The molecule has 4 aromatic rings. The summed E-state index contributed by atoms with van der Waals surface area (Å²) in [7, 11) is -3.70. The summed E-state index contributed by atoms with van der Waals surface area (Å²) in [5, 5.41) is 12.4. The van der Waals surface area contributed by atoms with Gasteiger partial charge >= 0.3 is 0 Å². The normalized spacial score (nSPS) is 11.7. The Kier molecular flexibility index (Phi) is 4.63. The molecule has 0 bridgehead atoms. The second-order valence-electron chi connectivity index (χ2n) is 6.03. The highest BCUT2D eigenvalue weighted by Gasteiger charge is 2.25. The minimum absolute atomic E-state index is 0.235. The molecule has 0 unspecified atom stereocenters. The van der Waals surface area contributed by atoms with Crippen LogP contribution in [0.2, 0.25) is 0 Å². The fraction of sp³-hybridized carbons (Fsp3) is 0.167. The van der Waals surface area contributed by atoms with Crippen molar-refractivity contribution in [3.63, 3.8) is 0 Å². The molecule has 0 aliphatic carbocycles. The third-order valence-corrected chi connectivity index (χ3v) is 6.70. The van der Waals surface area contributed by atoms with E-state index in [1.807, 2.05) is 31.2 Å². The number of benzene rings is 2. The Balaban J connectivity index is 1.70. The summed E-state index contributed by atoms with van der Waals surface area (Å²) in [5.74, 6) is 0.631. The first kappa shape index (κ1) is 17.6. The quantitative estimate of drug-likeness (QED) is 0.498. The van der Waals surface area contributed by atoms with E-state index >= 15 is 0 Å². The molecular weight excluding hydrogens is 382 g/mol. The third-order valence-electron chi connectivity index (χ3n) is 4.19. The molecule has 0 saturated heterocycles. The number of anilines is 1. The van der Waals surface area contributed by atoms with Gasteiger partial charge < -0.3 is 0 Å². The zero-order valence-corrected chi connectivity index (χ0v) is 16.2. The van der Waals surface area contributed by atoms with Crippen molar-refractivity contribution in [1.82, 2.24) is 19.8 Å². The van der Waals surface area contributed by atoms with Crippen molar-refractivity contribution in [1.29, 1.82) is 0 Å². The molecule has 0 atom stereocenters. The minimum atomic E-state index is -3.70. The zero-order chi connectivity index (χ0) is 18.9. The van der Waals surface area contributed by atoms with Crippen LogP contribution in [0.5, 0.6) is 0 Å². The van der Waals surface area contributed by atoms with Gasteiger partial charge in [0.2, 0.25) is 4.96 Å². The van der Waals surface area contributed by atoms with Crippen molar-refractivity contribution in [2.45, 2.75) is 18.2 Å². The molecule has 4 rings (SSSR count). The van der Waals surface area contributed by atoms with Gasteiger partial charge in [-0.15, -0.1) is 10.2 Å². The maximum Gasteiger partial charge on any atom is 0.264 e. The van der Waals surface area contributed by atoms with Crippen LogP contribution >= 0.6 is 11.3 Å². The van der Waals surface area contributed by atoms with E-state index in [-0.39, 0.29) is 11.4 Å². The fourth-order valence-corrected chi connectivity index (χ4v) is 4.84. The summed E-state index contributed by atoms with van der Waals surface area (Å²) >= 11 is 1.39. The van der Waals surface area contributed by atoms with Crippen LogP contribution in [0.4, 0.5) is 5.69 Å². The van der Waals surface area contributed by atoms with E-state index in [1.54, 1.807) is 40.4 Å². The topological polar surface area (TPSA) is 80.5 Å². The average Bonchev–Trinajstić information content (AvgIpc) is 3.28. The van der Waals surface area contributed by atoms with E-state index in [0.29, 0.717) is 22.9 Å². The number of hydrogen-bond acceptors (Lipinski definition) is 6. The number of aryl methyl sites for hydroxylation is 1. The maximum atomic E-state index is 13.3. The summed E-state index contributed by atoms with van der Waals surface area (Å²) in [4.78, 5) is 0.948. The van der Waals surface area contributed by atoms with Crippen molar-refractivity contribution < 1.29 is 8.42 Å². The number of rotatable bonds is 6. The van der Waals surface area contributed by atoms with Gasteiger partial charge in [-0.25, -0.2) is 8.42 Å². The monoisotopic (exact) mass is 399 g/mol. The van der Waals surface area contributed by atoms with Crippen molar-refractivity contribution >= 4 is 32.0 Å². The van der Waals surface area contributed by atoms with Crippen molar-refractivity contribution in [3.05, 3.63) is 71.5 Å². The Hall–Kier alpha value is -2.78. The molecule has 0 fully saturated rings. The maximum absolute atomic E-state index is 13.3. The Morgan fingerprint density at radius 1 is 1.04 bits per heavy atom. The minimum Gasteiger partial charge on any atom is -0.266 e. The van der Waals surface area contributed by atoms with E-state index in [0.717, 1.165) is 5.56 Å². The van der Waals surface area contributed by atoms with Gasteiger partial charge in [-0.05, 0) is 31.2 Å². The van der Waals surface area contributed by atoms with Gasteiger partial charge in [-0.2, -0.15) is 9.61 Å². The number of nitrogens with zero attached hydrogens (tertiary/aromatic N) is 5. The second kappa shape index (κ2) is 7.09. The van der Waals surface area contributed by atoms with Crippen molar-refractivity contribution in [3.8, 4) is 0 Å². The van der Waals surface area contributed by atoms with Crippen molar-refractivity contribution in [2.24, 2.45) is 0 Å². The lowest BCUT2D eigenvalue weighted by atomic mass is 10.2. The van der Waals surface area contributed by atoms with E-state index in [9.17, 15) is 8.42 Å². The average molecular weight is 400 g/mol. The Bertz CT molecular complexity index is 1150.